The third kappa shape index (κ3) is 3.06. The normalized spacial score (nSPS) is 15.5. The molecule has 4 nitrogen and oxygen atoms in total. The summed E-state index contributed by atoms with van der Waals surface area (Å²) >= 11 is 4.78. The van der Waals surface area contributed by atoms with Gasteiger partial charge in [0.25, 0.3) is 0 Å². The van der Waals surface area contributed by atoms with Crippen molar-refractivity contribution in [1.29, 1.82) is 0 Å². The smallest absolute Gasteiger partial charge is 0.388 e. The van der Waals surface area contributed by atoms with Gasteiger partial charge in [0.15, 0.2) is 5.82 Å². The Morgan fingerprint density at radius 1 is 1.39 bits per heavy atom. The summed E-state index contributed by atoms with van der Waals surface area (Å²) in [6.07, 6.45) is -0.181. The van der Waals surface area contributed by atoms with Crippen molar-refractivity contribution in [1.82, 2.24) is 9.97 Å². The van der Waals surface area contributed by atoms with Crippen molar-refractivity contribution in [2.45, 2.75) is 25.1 Å². The van der Waals surface area contributed by atoms with E-state index in [0.29, 0.717) is 12.8 Å². The number of rotatable bonds is 4. The maximum atomic E-state index is 12.6. The number of anilines is 1. The predicted molar refractivity (Wildman–Crippen MR) is 64.3 cm³/mol. The maximum Gasteiger partial charge on any atom is 0.405 e. The van der Waals surface area contributed by atoms with E-state index in [1.165, 1.54) is 17.3 Å². The van der Waals surface area contributed by atoms with Gasteiger partial charge in [0.1, 0.15) is 17.2 Å². The van der Waals surface area contributed by atoms with Crippen LogP contribution in [-0.2, 0) is 0 Å². The maximum absolute atomic E-state index is 12.6. The van der Waals surface area contributed by atoms with Crippen molar-refractivity contribution in [3.63, 3.8) is 0 Å². The van der Waals surface area contributed by atoms with Crippen LogP contribution in [-0.4, -0.2) is 33.7 Å². The first-order chi connectivity index (χ1) is 8.38. The van der Waals surface area contributed by atoms with Crippen LogP contribution >= 0.6 is 12.2 Å². The van der Waals surface area contributed by atoms with Gasteiger partial charge in [0.2, 0.25) is 0 Å². The molecule has 1 aromatic rings. The van der Waals surface area contributed by atoms with E-state index in [1.54, 1.807) is 0 Å². The van der Waals surface area contributed by atoms with Crippen LogP contribution in [0.15, 0.2) is 12.4 Å². The Kier molecular flexibility index (Phi) is 3.38. The first-order valence-electron chi connectivity index (χ1n) is 5.32. The second-order valence-electron chi connectivity index (χ2n) is 4.07. The van der Waals surface area contributed by atoms with E-state index >= 15 is 0 Å². The average molecular weight is 276 g/mol. The molecular formula is C10H11F3N4S. The van der Waals surface area contributed by atoms with E-state index in [0.717, 1.165) is 0 Å². The summed E-state index contributed by atoms with van der Waals surface area (Å²) in [5.74, 6) is 0.116. The molecule has 0 spiro atoms. The molecule has 2 N–H and O–H groups in total. The van der Waals surface area contributed by atoms with Crippen LogP contribution in [0.25, 0.3) is 0 Å². The zero-order valence-electron chi connectivity index (χ0n) is 9.31. The minimum Gasteiger partial charge on any atom is -0.388 e. The Labute approximate surface area is 107 Å². The minimum atomic E-state index is -4.30. The molecule has 1 aromatic heterocycles. The van der Waals surface area contributed by atoms with E-state index < -0.39 is 12.7 Å². The first kappa shape index (κ1) is 13.0. The third-order valence-electron chi connectivity index (χ3n) is 2.52. The van der Waals surface area contributed by atoms with Crippen molar-refractivity contribution in [2.75, 3.05) is 11.4 Å². The number of aromatic nitrogens is 2. The number of nitrogens with two attached hydrogens (primary N) is 1. The Balaban J connectivity index is 2.33. The molecule has 0 atom stereocenters. The summed E-state index contributed by atoms with van der Waals surface area (Å²) in [4.78, 5) is 8.98. The molecule has 98 valence electrons. The van der Waals surface area contributed by atoms with E-state index in [2.05, 4.69) is 9.97 Å². The van der Waals surface area contributed by atoms with Gasteiger partial charge in [-0.25, -0.2) is 9.97 Å². The predicted octanol–water partition coefficient (Wildman–Crippen LogP) is 1.64. The van der Waals surface area contributed by atoms with Crippen LogP contribution in [0.4, 0.5) is 19.0 Å². The molecule has 0 unspecified atom stereocenters. The highest BCUT2D eigenvalue weighted by Gasteiger charge is 2.39. The lowest BCUT2D eigenvalue weighted by Crippen LogP contribution is -2.38. The molecule has 1 aliphatic rings. The van der Waals surface area contributed by atoms with Gasteiger partial charge < -0.3 is 10.6 Å². The largest absolute Gasteiger partial charge is 0.405 e. The summed E-state index contributed by atoms with van der Waals surface area (Å²) in [5.41, 5.74) is 5.60. The number of alkyl halides is 3. The summed E-state index contributed by atoms with van der Waals surface area (Å²) < 4.78 is 37.7. The highest BCUT2D eigenvalue weighted by atomic mass is 32.1. The number of thiocarbonyl (C=S) groups is 1. The molecule has 0 aromatic carbocycles. The average Bonchev–Trinajstić information content (AvgIpc) is 3.08. The van der Waals surface area contributed by atoms with Crippen molar-refractivity contribution >= 4 is 23.0 Å². The van der Waals surface area contributed by atoms with Gasteiger partial charge >= 0.3 is 6.18 Å². The standard InChI is InChI=1S/C10H11F3N4S/c11-10(12,13)5-17(6-1-2-6)9-7(8(14)18)15-3-4-16-9/h3-4,6H,1-2,5H2,(H2,14,18). The van der Waals surface area contributed by atoms with Crippen LogP contribution in [0.3, 0.4) is 0 Å². The zero-order valence-corrected chi connectivity index (χ0v) is 10.1. The van der Waals surface area contributed by atoms with Gasteiger partial charge in [0, 0.05) is 18.4 Å². The Morgan fingerprint density at radius 3 is 2.50 bits per heavy atom. The minimum absolute atomic E-state index is 0.0501. The van der Waals surface area contributed by atoms with Crippen molar-refractivity contribution in [2.24, 2.45) is 5.73 Å². The van der Waals surface area contributed by atoms with Gasteiger partial charge in [0.05, 0.1) is 0 Å². The van der Waals surface area contributed by atoms with Crippen LogP contribution in [0, 0.1) is 0 Å². The molecule has 1 fully saturated rings. The van der Waals surface area contributed by atoms with Gasteiger partial charge in [-0.1, -0.05) is 12.2 Å². The quantitative estimate of drug-likeness (QED) is 0.847. The lowest BCUT2D eigenvalue weighted by Gasteiger charge is -2.25. The molecule has 0 saturated heterocycles. The number of halogens is 3. The molecule has 0 aliphatic heterocycles. The lowest BCUT2D eigenvalue weighted by molar-refractivity contribution is -0.120. The zero-order chi connectivity index (χ0) is 13.3. The monoisotopic (exact) mass is 276 g/mol. The topological polar surface area (TPSA) is 55.0 Å². The Hall–Kier alpha value is -1.44. The van der Waals surface area contributed by atoms with E-state index in [9.17, 15) is 13.2 Å². The summed E-state index contributed by atoms with van der Waals surface area (Å²) in [6, 6.07) is -0.156. The molecule has 0 bridgehead atoms. The van der Waals surface area contributed by atoms with Gasteiger partial charge in [-0.15, -0.1) is 0 Å². The summed E-state index contributed by atoms with van der Waals surface area (Å²) in [6.45, 7) is -1.06. The molecule has 1 aliphatic carbocycles. The second kappa shape index (κ2) is 4.68. The van der Waals surface area contributed by atoms with E-state index in [4.69, 9.17) is 18.0 Å². The van der Waals surface area contributed by atoms with Crippen LogP contribution in [0.1, 0.15) is 18.5 Å². The molecule has 0 amide bonds. The fourth-order valence-electron chi connectivity index (χ4n) is 1.67. The highest BCUT2D eigenvalue weighted by molar-refractivity contribution is 7.80. The molecular weight excluding hydrogens is 265 g/mol. The van der Waals surface area contributed by atoms with Crippen molar-refractivity contribution in [3.05, 3.63) is 18.1 Å². The second-order valence-corrected chi connectivity index (χ2v) is 4.51. The number of nitrogens with zero attached hydrogens (tertiary/aromatic N) is 3. The Bertz CT molecular complexity index is 459. The fourth-order valence-corrected chi connectivity index (χ4v) is 1.81. The summed E-state index contributed by atoms with van der Waals surface area (Å²) in [5, 5.41) is 0. The Morgan fingerprint density at radius 2 is 2.00 bits per heavy atom. The van der Waals surface area contributed by atoms with E-state index in [1.807, 2.05) is 0 Å². The van der Waals surface area contributed by atoms with Gasteiger partial charge in [-0.3, -0.25) is 0 Å². The van der Waals surface area contributed by atoms with Crippen LogP contribution in [0.2, 0.25) is 0 Å². The number of hydrogen-bond donors (Lipinski definition) is 1. The molecule has 2 rings (SSSR count). The molecule has 8 heteroatoms. The lowest BCUT2D eigenvalue weighted by atomic mass is 10.3. The van der Waals surface area contributed by atoms with Gasteiger partial charge in [-0.05, 0) is 12.8 Å². The number of hydrogen-bond acceptors (Lipinski definition) is 4. The molecule has 1 heterocycles. The first-order valence-corrected chi connectivity index (χ1v) is 5.73. The summed E-state index contributed by atoms with van der Waals surface area (Å²) in [7, 11) is 0. The van der Waals surface area contributed by atoms with E-state index in [-0.39, 0.29) is 22.5 Å². The van der Waals surface area contributed by atoms with Crippen LogP contribution in [0.5, 0.6) is 0 Å². The van der Waals surface area contributed by atoms with Crippen LogP contribution < -0.4 is 10.6 Å². The fraction of sp³-hybridized carbons (Fsp3) is 0.500. The molecule has 1 saturated carbocycles. The SMILES string of the molecule is NC(=S)c1nccnc1N(CC(F)(F)F)C1CC1. The molecule has 18 heavy (non-hydrogen) atoms. The van der Waals surface area contributed by atoms with Gasteiger partial charge in [-0.2, -0.15) is 13.2 Å². The molecule has 0 radical (unpaired) electrons. The highest BCUT2D eigenvalue weighted by Crippen LogP contribution is 2.34. The van der Waals surface area contributed by atoms with Crippen molar-refractivity contribution < 1.29 is 13.2 Å². The van der Waals surface area contributed by atoms with Crippen molar-refractivity contribution in [3.8, 4) is 0 Å². The third-order valence-corrected chi connectivity index (χ3v) is 2.71.